The molecule has 4 amide bonds. The van der Waals surface area contributed by atoms with Gasteiger partial charge in [-0.2, -0.15) is 0 Å². The summed E-state index contributed by atoms with van der Waals surface area (Å²) >= 11 is 1.19. The number of phenols is 1. The van der Waals surface area contributed by atoms with E-state index in [4.69, 9.17) is 0 Å². The number of hydrogen-bond acceptors (Lipinski definition) is 8. The average molecular weight is 600 g/mol. The fourth-order valence-electron chi connectivity index (χ4n) is 5.47. The monoisotopic (exact) mass is 599 g/mol. The first-order valence-electron chi connectivity index (χ1n) is 13.6. The Balaban J connectivity index is 1.22. The van der Waals surface area contributed by atoms with Crippen LogP contribution >= 0.6 is 11.3 Å². The van der Waals surface area contributed by atoms with Gasteiger partial charge in [0.05, 0.1) is 11.5 Å². The molecular weight excluding hydrogens is 573 g/mol. The molecule has 1 fully saturated rings. The number of anilines is 2. The van der Waals surface area contributed by atoms with Crippen molar-refractivity contribution >= 4 is 45.8 Å². The maximum absolute atomic E-state index is 14.3. The number of carbonyl (C=O) groups excluding carboxylic acids is 4. The van der Waals surface area contributed by atoms with E-state index in [-0.39, 0.29) is 35.6 Å². The van der Waals surface area contributed by atoms with Gasteiger partial charge in [0.25, 0.3) is 11.8 Å². The van der Waals surface area contributed by atoms with Crippen LogP contribution in [0.15, 0.2) is 72.2 Å². The van der Waals surface area contributed by atoms with E-state index in [2.05, 4.69) is 20.9 Å². The van der Waals surface area contributed by atoms with E-state index >= 15 is 0 Å². The molecule has 3 heterocycles. The van der Waals surface area contributed by atoms with Crippen molar-refractivity contribution < 1.29 is 28.7 Å². The van der Waals surface area contributed by atoms with E-state index in [1.165, 1.54) is 22.4 Å². The van der Waals surface area contributed by atoms with Crippen LogP contribution in [0.4, 0.5) is 15.2 Å². The molecule has 1 saturated heterocycles. The molecule has 12 heteroatoms. The van der Waals surface area contributed by atoms with Crippen LogP contribution in [-0.2, 0) is 27.5 Å². The highest BCUT2D eigenvalue weighted by Gasteiger charge is 2.40. The molecule has 0 bridgehead atoms. The number of phenolic OH excluding ortho intramolecular Hbond substituents is 1. The van der Waals surface area contributed by atoms with E-state index < -0.39 is 23.7 Å². The summed E-state index contributed by atoms with van der Waals surface area (Å²) in [6, 6.07) is 14.8. The van der Waals surface area contributed by atoms with Gasteiger partial charge in [0.2, 0.25) is 11.8 Å². The Hall–Kier alpha value is -5.10. The number of carbonyl (C=O) groups is 4. The Morgan fingerprint density at radius 2 is 1.95 bits per heavy atom. The number of imide groups is 1. The van der Waals surface area contributed by atoms with Crippen LogP contribution in [0.3, 0.4) is 0 Å². The van der Waals surface area contributed by atoms with Gasteiger partial charge in [-0.25, -0.2) is 9.37 Å². The minimum atomic E-state index is -1.33. The molecule has 3 aromatic carbocycles. The molecular formula is C31H26FN5O5S. The van der Waals surface area contributed by atoms with Crippen LogP contribution in [-0.4, -0.2) is 38.6 Å². The lowest BCUT2D eigenvalue weighted by molar-refractivity contribution is -0.134. The Morgan fingerprint density at radius 3 is 2.70 bits per heavy atom. The van der Waals surface area contributed by atoms with E-state index in [0.29, 0.717) is 41.3 Å². The van der Waals surface area contributed by atoms with E-state index in [0.717, 1.165) is 29.3 Å². The van der Waals surface area contributed by atoms with E-state index in [1.54, 1.807) is 23.6 Å². The zero-order valence-electron chi connectivity index (χ0n) is 22.7. The summed E-state index contributed by atoms with van der Waals surface area (Å²) in [5.41, 5.74) is 3.29. The van der Waals surface area contributed by atoms with Crippen molar-refractivity contribution in [1.29, 1.82) is 0 Å². The fraction of sp³-hybridized carbons (Fsp3) is 0.194. The lowest BCUT2D eigenvalue weighted by Gasteiger charge is -2.27. The first-order chi connectivity index (χ1) is 20.8. The third-order valence-electron chi connectivity index (χ3n) is 7.58. The molecule has 0 spiro atoms. The third-order valence-corrected chi connectivity index (χ3v) is 8.27. The number of fused-ring (bicyclic) bond motifs is 1. The van der Waals surface area contributed by atoms with E-state index in [9.17, 15) is 28.7 Å². The largest absolute Gasteiger partial charge is 0.508 e. The predicted molar refractivity (Wildman–Crippen MR) is 157 cm³/mol. The first kappa shape index (κ1) is 28.0. The van der Waals surface area contributed by atoms with Gasteiger partial charge in [0, 0.05) is 42.3 Å². The number of piperidine rings is 1. The van der Waals surface area contributed by atoms with Gasteiger partial charge in [-0.15, -0.1) is 11.3 Å². The van der Waals surface area contributed by atoms with Crippen molar-refractivity contribution in [2.45, 2.75) is 37.9 Å². The molecule has 2 aliphatic heterocycles. The predicted octanol–water partition coefficient (Wildman–Crippen LogP) is 4.46. The second kappa shape index (κ2) is 11.6. The van der Waals surface area contributed by atoms with E-state index in [1.807, 2.05) is 24.3 Å². The number of halogens is 1. The number of aromatic hydroxyl groups is 1. The number of nitrogens with zero attached hydrogens (tertiary/aromatic N) is 2. The number of thiazole rings is 1. The molecule has 0 radical (unpaired) electrons. The van der Waals surface area contributed by atoms with Crippen LogP contribution < -0.4 is 16.0 Å². The summed E-state index contributed by atoms with van der Waals surface area (Å²) in [5, 5.41) is 20.9. The molecule has 6 rings (SSSR count). The lowest BCUT2D eigenvalue weighted by Crippen LogP contribution is -2.39. The maximum atomic E-state index is 14.3. The molecule has 2 aliphatic rings. The van der Waals surface area contributed by atoms with Gasteiger partial charge in [0.15, 0.2) is 5.13 Å². The summed E-state index contributed by atoms with van der Waals surface area (Å²) in [4.78, 5) is 56.4. The van der Waals surface area contributed by atoms with Gasteiger partial charge in [0.1, 0.15) is 17.6 Å². The SMILES string of the molecule is O=C1CCC(c2ccc(CNc3cccc4c3C(=O)N(C(C(=O)Nc3nccs3)c3cc(F)ccc3O)C4)cc2)C(=O)N1. The first-order valence-corrected chi connectivity index (χ1v) is 14.4. The lowest BCUT2D eigenvalue weighted by atomic mass is 9.90. The normalized spacial score (nSPS) is 16.9. The van der Waals surface area contributed by atoms with Crippen molar-refractivity contribution in [3.63, 3.8) is 0 Å². The van der Waals surface area contributed by atoms with Crippen molar-refractivity contribution in [3.05, 3.63) is 106 Å². The van der Waals surface area contributed by atoms with Gasteiger partial charge in [-0.1, -0.05) is 36.4 Å². The molecule has 43 heavy (non-hydrogen) atoms. The Morgan fingerprint density at radius 1 is 1.14 bits per heavy atom. The number of aromatic nitrogens is 1. The van der Waals surface area contributed by atoms with Crippen LogP contribution in [0.2, 0.25) is 0 Å². The molecule has 10 nitrogen and oxygen atoms in total. The summed E-state index contributed by atoms with van der Waals surface area (Å²) in [6.07, 6.45) is 2.29. The van der Waals surface area contributed by atoms with Gasteiger partial charge < -0.3 is 15.3 Å². The van der Waals surface area contributed by atoms with Crippen molar-refractivity contribution in [2.24, 2.45) is 0 Å². The van der Waals surface area contributed by atoms with Gasteiger partial charge in [-0.3, -0.25) is 29.8 Å². The molecule has 4 N–H and O–H groups in total. The van der Waals surface area contributed by atoms with Crippen molar-refractivity contribution in [3.8, 4) is 5.75 Å². The molecule has 2 atom stereocenters. The second-order valence-corrected chi connectivity index (χ2v) is 11.2. The molecule has 2 unspecified atom stereocenters. The minimum Gasteiger partial charge on any atom is -0.508 e. The molecule has 218 valence electrons. The third kappa shape index (κ3) is 5.69. The summed E-state index contributed by atoms with van der Waals surface area (Å²) in [6.45, 7) is 0.439. The number of amides is 4. The number of rotatable bonds is 8. The highest BCUT2D eigenvalue weighted by molar-refractivity contribution is 7.13. The fourth-order valence-corrected chi connectivity index (χ4v) is 6.00. The molecule has 4 aromatic rings. The molecule has 0 aliphatic carbocycles. The smallest absolute Gasteiger partial charge is 0.257 e. The van der Waals surface area contributed by atoms with Crippen LogP contribution in [0.5, 0.6) is 5.75 Å². The number of nitrogens with one attached hydrogen (secondary N) is 3. The molecule has 0 saturated carbocycles. The topological polar surface area (TPSA) is 141 Å². The minimum absolute atomic E-state index is 0.0409. The van der Waals surface area contributed by atoms with Gasteiger partial charge in [-0.05, 0) is 47.4 Å². The number of hydrogen-bond donors (Lipinski definition) is 4. The Bertz CT molecular complexity index is 1730. The average Bonchev–Trinajstić information content (AvgIpc) is 3.62. The second-order valence-electron chi connectivity index (χ2n) is 10.3. The standard InChI is InChI=1S/C31H26FN5O5S/c32-20-8-10-24(38)22(14-20)27(29(41)36-31-33-12-13-43-31)37-16-19-2-1-3-23(26(19)30(37)42)34-15-17-4-6-18(7-5-17)21-9-11-25(39)35-28(21)40/h1-8,10,12-14,21,27,34,38H,9,11,15-16H2,(H,33,36,41)(H,35,39,40). The van der Waals surface area contributed by atoms with Crippen molar-refractivity contribution in [1.82, 2.24) is 15.2 Å². The zero-order chi connectivity index (χ0) is 30.1. The number of benzene rings is 3. The molecule has 1 aromatic heterocycles. The Kier molecular flexibility index (Phi) is 7.59. The van der Waals surface area contributed by atoms with Crippen LogP contribution in [0.1, 0.15) is 57.4 Å². The van der Waals surface area contributed by atoms with Crippen LogP contribution in [0.25, 0.3) is 0 Å². The highest BCUT2D eigenvalue weighted by atomic mass is 32.1. The van der Waals surface area contributed by atoms with Crippen LogP contribution in [0, 0.1) is 5.82 Å². The van der Waals surface area contributed by atoms with Gasteiger partial charge >= 0.3 is 0 Å². The summed E-state index contributed by atoms with van der Waals surface area (Å²) in [7, 11) is 0. The maximum Gasteiger partial charge on any atom is 0.257 e. The summed E-state index contributed by atoms with van der Waals surface area (Å²) in [5.74, 6) is -2.99. The Labute approximate surface area is 249 Å². The zero-order valence-corrected chi connectivity index (χ0v) is 23.5. The van der Waals surface area contributed by atoms with Crippen molar-refractivity contribution in [2.75, 3.05) is 10.6 Å². The summed E-state index contributed by atoms with van der Waals surface area (Å²) < 4.78 is 14.3. The quantitative estimate of drug-likeness (QED) is 0.219. The highest BCUT2D eigenvalue weighted by Crippen LogP contribution is 2.39.